The minimum Gasteiger partial charge on any atom is -0.270 e. The van der Waals surface area contributed by atoms with E-state index in [1.54, 1.807) is 6.07 Å². The van der Waals surface area contributed by atoms with E-state index in [0.717, 1.165) is 6.42 Å². The fourth-order valence-corrected chi connectivity index (χ4v) is 1.95. The van der Waals surface area contributed by atoms with E-state index in [1.807, 2.05) is 6.92 Å². The Labute approximate surface area is 94.0 Å². The van der Waals surface area contributed by atoms with Crippen LogP contribution in [0.1, 0.15) is 13.3 Å². The summed E-state index contributed by atoms with van der Waals surface area (Å²) in [5, 5.41) is 0.319. The molecule has 0 atom stereocenters. The molecule has 1 aromatic rings. The molecule has 0 saturated heterocycles. The summed E-state index contributed by atoms with van der Waals surface area (Å²) in [5.74, 6) is 0. The SMILES string of the molecule is CCCNS(=O)(=O)Nc1ccc(Cl)nc1. The largest absolute Gasteiger partial charge is 0.299 e. The second kappa shape index (κ2) is 5.29. The van der Waals surface area contributed by atoms with Crippen LogP contribution in [0.5, 0.6) is 0 Å². The third kappa shape index (κ3) is 4.46. The molecule has 0 aliphatic carbocycles. The number of hydrogen-bond acceptors (Lipinski definition) is 3. The van der Waals surface area contributed by atoms with Crippen LogP contribution in [0, 0.1) is 0 Å². The van der Waals surface area contributed by atoms with Crippen molar-refractivity contribution in [3.63, 3.8) is 0 Å². The standard InChI is InChI=1S/C8H12ClN3O2S/c1-2-5-11-15(13,14)12-7-3-4-8(9)10-6-7/h3-4,6,11-12H,2,5H2,1H3. The van der Waals surface area contributed by atoms with Gasteiger partial charge in [-0.25, -0.2) is 4.98 Å². The van der Waals surface area contributed by atoms with Crippen LogP contribution in [0.15, 0.2) is 18.3 Å². The highest BCUT2D eigenvalue weighted by Crippen LogP contribution is 2.10. The van der Waals surface area contributed by atoms with Crippen molar-refractivity contribution in [2.24, 2.45) is 0 Å². The van der Waals surface area contributed by atoms with Crippen molar-refractivity contribution in [3.8, 4) is 0 Å². The Balaban J connectivity index is 2.65. The molecular weight excluding hydrogens is 238 g/mol. The first-order chi connectivity index (χ1) is 7.03. The van der Waals surface area contributed by atoms with Crippen LogP contribution >= 0.6 is 11.6 Å². The Bertz CT molecular complexity index is 404. The fourth-order valence-electron chi connectivity index (χ4n) is 0.864. The average molecular weight is 250 g/mol. The van der Waals surface area contributed by atoms with Crippen molar-refractivity contribution < 1.29 is 8.42 Å². The van der Waals surface area contributed by atoms with Crippen LogP contribution in [0.4, 0.5) is 5.69 Å². The summed E-state index contributed by atoms with van der Waals surface area (Å²) < 4.78 is 27.4. The van der Waals surface area contributed by atoms with Crippen LogP contribution < -0.4 is 9.44 Å². The normalized spacial score (nSPS) is 11.3. The molecule has 5 nitrogen and oxygen atoms in total. The van der Waals surface area contributed by atoms with Crippen LogP contribution in [-0.2, 0) is 10.2 Å². The molecule has 0 aliphatic heterocycles. The van der Waals surface area contributed by atoms with E-state index in [9.17, 15) is 8.42 Å². The maximum atomic E-state index is 11.4. The summed E-state index contributed by atoms with van der Waals surface area (Å²) in [7, 11) is -3.49. The Hall–Kier alpha value is -0.850. The smallest absolute Gasteiger partial charge is 0.270 e. The summed E-state index contributed by atoms with van der Waals surface area (Å²) in [5.41, 5.74) is 0.378. The van der Waals surface area contributed by atoms with Gasteiger partial charge < -0.3 is 0 Å². The molecule has 15 heavy (non-hydrogen) atoms. The lowest BCUT2D eigenvalue weighted by molar-refractivity contribution is 0.586. The first-order valence-corrected chi connectivity index (χ1v) is 6.28. The minimum absolute atomic E-state index is 0.319. The van der Waals surface area contributed by atoms with Gasteiger partial charge in [0, 0.05) is 6.54 Å². The van der Waals surface area contributed by atoms with Crippen molar-refractivity contribution >= 4 is 27.5 Å². The summed E-state index contributed by atoms with van der Waals surface area (Å²) in [4.78, 5) is 3.75. The zero-order valence-electron chi connectivity index (χ0n) is 8.20. The van der Waals surface area contributed by atoms with E-state index in [2.05, 4.69) is 14.4 Å². The van der Waals surface area contributed by atoms with Gasteiger partial charge in [0.15, 0.2) is 0 Å². The summed E-state index contributed by atoms with van der Waals surface area (Å²) in [6, 6.07) is 3.06. The highest BCUT2D eigenvalue weighted by atomic mass is 35.5. The van der Waals surface area contributed by atoms with E-state index >= 15 is 0 Å². The van der Waals surface area contributed by atoms with Gasteiger partial charge in [0.1, 0.15) is 5.15 Å². The first-order valence-electron chi connectivity index (χ1n) is 4.42. The van der Waals surface area contributed by atoms with Gasteiger partial charge in [0.25, 0.3) is 10.2 Å². The third-order valence-corrected chi connectivity index (χ3v) is 2.83. The summed E-state index contributed by atoms with van der Waals surface area (Å²) >= 11 is 5.56. The Morgan fingerprint density at radius 2 is 2.20 bits per heavy atom. The number of halogens is 1. The molecule has 0 fully saturated rings. The lowest BCUT2D eigenvalue weighted by Gasteiger charge is -2.07. The molecule has 0 bridgehead atoms. The van der Waals surface area contributed by atoms with Crippen LogP contribution in [0.25, 0.3) is 0 Å². The van der Waals surface area contributed by atoms with Crippen molar-refractivity contribution in [2.45, 2.75) is 13.3 Å². The molecule has 0 aliphatic rings. The van der Waals surface area contributed by atoms with Gasteiger partial charge in [0.2, 0.25) is 0 Å². The predicted octanol–water partition coefficient (Wildman–Crippen LogP) is 1.39. The van der Waals surface area contributed by atoms with E-state index in [4.69, 9.17) is 11.6 Å². The van der Waals surface area contributed by atoms with Crippen LogP contribution in [-0.4, -0.2) is 19.9 Å². The number of anilines is 1. The number of nitrogens with one attached hydrogen (secondary N) is 2. The molecule has 0 aromatic carbocycles. The highest BCUT2D eigenvalue weighted by molar-refractivity contribution is 7.90. The van der Waals surface area contributed by atoms with Crippen molar-refractivity contribution in [3.05, 3.63) is 23.5 Å². The number of hydrogen-bond donors (Lipinski definition) is 2. The van der Waals surface area contributed by atoms with Crippen molar-refractivity contribution in [1.29, 1.82) is 0 Å². The lowest BCUT2D eigenvalue weighted by atomic mass is 10.4. The maximum Gasteiger partial charge on any atom is 0.299 e. The van der Waals surface area contributed by atoms with Crippen LogP contribution in [0.3, 0.4) is 0 Å². The number of aromatic nitrogens is 1. The van der Waals surface area contributed by atoms with E-state index in [0.29, 0.717) is 17.4 Å². The highest BCUT2D eigenvalue weighted by Gasteiger charge is 2.07. The second-order valence-electron chi connectivity index (χ2n) is 2.87. The van der Waals surface area contributed by atoms with Crippen LogP contribution in [0.2, 0.25) is 5.15 Å². The van der Waals surface area contributed by atoms with E-state index in [1.165, 1.54) is 12.3 Å². The molecule has 2 N–H and O–H groups in total. The van der Waals surface area contributed by atoms with Gasteiger partial charge in [-0.1, -0.05) is 18.5 Å². The third-order valence-electron chi connectivity index (χ3n) is 1.52. The minimum atomic E-state index is -3.49. The molecule has 1 heterocycles. The number of rotatable bonds is 5. The number of nitrogens with zero attached hydrogens (tertiary/aromatic N) is 1. The fraction of sp³-hybridized carbons (Fsp3) is 0.375. The predicted molar refractivity (Wildman–Crippen MR) is 60.1 cm³/mol. The van der Waals surface area contributed by atoms with Gasteiger partial charge in [-0.05, 0) is 18.6 Å². The molecule has 0 spiro atoms. The lowest BCUT2D eigenvalue weighted by Crippen LogP contribution is -2.30. The van der Waals surface area contributed by atoms with E-state index < -0.39 is 10.2 Å². The molecular formula is C8H12ClN3O2S. The van der Waals surface area contributed by atoms with Gasteiger partial charge in [-0.2, -0.15) is 13.1 Å². The monoisotopic (exact) mass is 249 g/mol. The zero-order chi connectivity index (χ0) is 11.3. The summed E-state index contributed by atoms with van der Waals surface area (Å²) in [6.45, 7) is 2.28. The molecule has 1 rings (SSSR count). The molecule has 1 aromatic heterocycles. The quantitative estimate of drug-likeness (QED) is 0.775. The topological polar surface area (TPSA) is 71.1 Å². The first kappa shape index (κ1) is 12.2. The molecule has 0 amide bonds. The summed E-state index contributed by atoms with van der Waals surface area (Å²) in [6.07, 6.45) is 2.09. The molecule has 0 saturated carbocycles. The molecule has 0 unspecified atom stereocenters. The molecule has 84 valence electrons. The Kier molecular flexibility index (Phi) is 4.31. The average Bonchev–Trinajstić information content (AvgIpc) is 2.18. The van der Waals surface area contributed by atoms with Gasteiger partial charge >= 0.3 is 0 Å². The van der Waals surface area contributed by atoms with Gasteiger partial charge in [0.05, 0.1) is 11.9 Å². The van der Waals surface area contributed by atoms with E-state index in [-0.39, 0.29) is 0 Å². The number of pyridine rings is 1. The molecule has 0 radical (unpaired) electrons. The zero-order valence-corrected chi connectivity index (χ0v) is 9.77. The molecule has 7 heteroatoms. The maximum absolute atomic E-state index is 11.4. The van der Waals surface area contributed by atoms with Gasteiger partial charge in [-0.3, -0.25) is 4.72 Å². The van der Waals surface area contributed by atoms with Crippen molar-refractivity contribution in [1.82, 2.24) is 9.71 Å². The van der Waals surface area contributed by atoms with Gasteiger partial charge in [-0.15, -0.1) is 0 Å². The Morgan fingerprint density at radius 3 is 2.73 bits per heavy atom. The Morgan fingerprint density at radius 1 is 1.47 bits per heavy atom. The van der Waals surface area contributed by atoms with Crippen molar-refractivity contribution in [2.75, 3.05) is 11.3 Å². The second-order valence-corrected chi connectivity index (χ2v) is 4.76.